The summed E-state index contributed by atoms with van der Waals surface area (Å²) in [6, 6.07) is 4.89. The molecule has 1 saturated heterocycles. The first-order valence-electron chi connectivity index (χ1n) is 8.87. The molecule has 1 aromatic heterocycles. The molecule has 7 heteroatoms. The van der Waals surface area contributed by atoms with Crippen LogP contribution in [0.4, 0.5) is 0 Å². The molecule has 0 amide bonds. The summed E-state index contributed by atoms with van der Waals surface area (Å²) in [5.41, 5.74) is 0.839. The minimum atomic E-state index is -0.436. The van der Waals surface area contributed by atoms with Gasteiger partial charge in [0.15, 0.2) is 5.16 Å². The molecule has 2 aromatic rings. The van der Waals surface area contributed by atoms with Gasteiger partial charge < -0.3 is 9.47 Å². The summed E-state index contributed by atoms with van der Waals surface area (Å²) in [5, 5.41) is 1.19. The smallest absolute Gasteiger partial charge is 0.337 e. The fraction of sp³-hybridized carbons (Fsp3) is 0.526. The number of nitrogens with zero attached hydrogens (tertiary/aromatic N) is 2. The van der Waals surface area contributed by atoms with Crippen LogP contribution in [0.2, 0.25) is 0 Å². The molecule has 0 aliphatic carbocycles. The quantitative estimate of drug-likeness (QED) is 0.438. The van der Waals surface area contributed by atoms with Crippen molar-refractivity contribution < 1.29 is 14.3 Å². The van der Waals surface area contributed by atoms with Crippen LogP contribution in [0.25, 0.3) is 10.9 Å². The summed E-state index contributed by atoms with van der Waals surface area (Å²) >= 11 is 1.55. The zero-order valence-electron chi connectivity index (χ0n) is 15.4. The normalized spacial score (nSPS) is 17.2. The van der Waals surface area contributed by atoms with Crippen molar-refractivity contribution >= 4 is 28.6 Å². The van der Waals surface area contributed by atoms with Crippen molar-refractivity contribution in [2.45, 2.75) is 44.5 Å². The van der Waals surface area contributed by atoms with E-state index in [1.807, 2.05) is 0 Å². The van der Waals surface area contributed by atoms with Gasteiger partial charge in [0.05, 0.1) is 29.7 Å². The Morgan fingerprint density at radius 1 is 1.46 bits per heavy atom. The van der Waals surface area contributed by atoms with Gasteiger partial charge in [-0.1, -0.05) is 25.6 Å². The number of esters is 1. The predicted molar refractivity (Wildman–Crippen MR) is 102 cm³/mol. The Kier molecular flexibility index (Phi) is 5.98. The van der Waals surface area contributed by atoms with Gasteiger partial charge in [-0.2, -0.15) is 0 Å². The second kappa shape index (κ2) is 8.22. The lowest BCUT2D eigenvalue weighted by Gasteiger charge is -2.16. The van der Waals surface area contributed by atoms with Crippen LogP contribution in [-0.2, 0) is 16.0 Å². The molecule has 0 N–H and O–H groups in total. The molecule has 1 aliphatic heterocycles. The van der Waals surface area contributed by atoms with E-state index >= 15 is 0 Å². The Morgan fingerprint density at radius 2 is 2.27 bits per heavy atom. The second-order valence-electron chi connectivity index (χ2n) is 6.87. The Balaban J connectivity index is 2.02. The fourth-order valence-electron chi connectivity index (χ4n) is 3.03. The Morgan fingerprint density at radius 3 is 2.92 bits per heavy atom. The molecule has 3 rings (SSSR count). The van der Waals surface area contributed by atoms with Crippen LogP contribution in [0.3, 0.4) is 0 Å². The maximum Gasteiger partial charge on any atom is 0.337 e. The summed E-state index contributed by atoms with van der Waals surface area (Å²) in [6.07, 6.45) is 2.33. The average molecular weight is 376 g/mol. The van der Waals surface area contributed by atoms with Gasteiger partial charge >= 0.3 is 5.97 Å². The number of benzene rings is 1. The van der Waals surface area contributed by atoms with Gasteiger partial charge in [0, 0.05) is 18.9 Å². The van der Waals surface area contributed by atoms with E-state index in [9.17, 15) is 9.59 Å². The van der Waals surface area contributed by atoms with Gasteiger partial charge in [0.25, 0.3) is 5.56 Å². The number of fused-ring (bicyclic) bond motifs is 1. The van der Waals surface area contributed by atoms with Gasteiger partial charge in [0.1, 0.15) is 0 Å². The first-order chi connectivity index (χ1) is 12.5. The van der Waals surface area contributed by atoms with E-state index in [2.05, 4.69) is 18.8 Å². The lowest BCUT2D eigenvalue weighted by atomic mass is 10.1. The molecule has 0 bridgehead atoms. The highest BCUT2D eigenvalue weighted by molar-refractivity contribution is 7.99. The molecular formula is C19H24N2O4S. The van der Waals surface area contributed by atoms with E-state index in [0.717, 1.165) is 25.2 Å². The molecule has 140 valence electrons. The molecule has 2 heterocycles. The van der Waals surface area contributed by atoms with Gasteiger partial charge in [-0.05, 0) is 37.0 Å². The second-order valence-corrected chi connectivity index (χ2v) is 7.86. The Labute approximate surface area is 156 Å². The maximum absolute atomic E-state index is 13.0. The number of rotatable bonds is 6. The van der Waals surface area contributed by atoms with Crippen molar-refractivity contribution in [3.8, 4) is 0 Å². The van der Waals surface area contributed by atoms with Crippen LogP contribution in [0.5, 0.6) is 0 Å². The van der Waals surface area contributed by atoms with Crippen molar-refractivity contribution in [3.05, 3.63) is 34.1 Å². The predicted octanol–water partition coefficient (Wildman–Crippen LogP) is 3.11. The number of hydrogen-bond donors (Lipinski definition) is 0. The highest BCUT2D eigenvalue weighted by atomic mass is 32.2. The van der Waals surface area contributed by atoms with Gasteiger partial charge in [-0.25, -0.2) is 9.78 Å². The topological polar surface area (TPSA) is 70.4 Å². The highest BCUT2D eigenvalue weighted by Gasteiger charge is 2.19. The molecule has 1 aliphatic rings. The Hall–Kier alpha value is -1.86. The van der Waals surface area contributed by atoms with E-state index in [0.29, 0.717) is 34.1 Å². The number of carbonyl (C=O) groups is 1. The number of hydrogen-bond acceptors (Lipinski definition) is 6. The first kappa shape index (κ1) is 18.9. The van der Waals surface area contributed by atoms with E-state index in [-0.39, 0.29) is 11.7 Å². The van der Waals surface area contributed by atoms with Crippen LogP contribution in [-0.4, -0.2) is 41.1 Å². The van der Waals surface area contributed by atoms with E-state index in [4.69, 9.17) is 9.47 Å². The lowest BCUT2D eigenvalue weighted by Crippen LogP contribution is -2.26. The van der Waals surface area contributed by atoms with Gasteiger partial charge in [-0.15, -0.1) is 0 Å². The van der Waals surface area contributed by atoms with Crippen molar-refractivity contribution in [3.63, 3.8) is 0 Å². The largest absolute Gasteiger partial charge is 0.465 e. The minimum Gasteiger partial charge on any atom is -0.465 e. The molecule has 0 unspecified atom stereocenters. The summed E-state index contributed by atoms with van der Waals surface area (Å²) in [7, 11) is 1.34. The SMILES string of the molecule is COC(=O)c1ccc2c(=O)n(CC(C)C)c(SC[C@@H]3CCCO3)nc2c1. The van der Waals surface area contributed by atoms with Gasteiger partial charge in [0.2, 0.25) is 0 Å². The minimum absolute atomic E-state index is 0.0741. The highest BCUT2D eigenvalue weighted by Crippen LogP contribution is 2.24. The van der Waals surface area contributed by atoms with Crippen LogP contribution < -0.4 is 5.56 Å². The van der Waals surface area contributed by atoms with Gasteiger partial charge in [-0.3, -0.25) is 9.36 Å². The van der Waals surface area contributed by atoms with Crippen LogP contribution >= 0.6 is 11.8 Å². The van der Waals surface area contributed by atoms with E-state index < -0.39 is 5.97 Å². The number of methoxy groups -OCH3 is 1. The number of thioether (sulfide) groups is 1. The zero-order valence-corrected chi connectivity index (χ0v) is 16.2. The summed E-state index contributed by atoms with van der Waals surface area (Å²) in [4.78, 5) is 29.5. The maximum atomic E-state index is 13.0. The van der Waals surface area contributed by atoms with Crippen LogP contribution in [0, 0.1) is 5.92 Å². The molecule has 1 aromatic carbocycles. The lowest BCUT2D eigenvalue weighted by molar-refractivity contribution is 0.0601. The third kappa shape index (κ3) is 4.10. The van der Waals surface area contributed by atoms with Crippen molar-refractivity contribution in [2.24, 2.45) is 5.92 Å². The number of ether oxygens (including phenoxy) is 2. The van der Waals surface area contributed by atoms with E-state index in [1.54, 1.807) is 34.5 Å². The summed E-state index contributed by atoms with van der Waals surface area (Å²) in [5.74, 6) is 0.657. The molecule has 6 nitrogen and oxygen atoms in total. The fourth-order valence-corrected chi connectivity index (χ4v) is 4.10. The number of carbonyl (C=O) groups excluding carboxylic acids is 1. The zero-order chi connectivity index (χ0) is 18.7. The number of aromatic nitrogens is 2. The Bertz CT molecular complexity index is 856. The third-order valence-electron chi connectivity index (χ3n) is 4.31. The first-order valence-corrected chi connectivity index (χ1v) is 9.85. The van der Waals surface area contributed by atoms with E-state index in [1.165, 1.54) is 7.11 Å². The molecule has 1 atom stereocenters. The van der Waals surface area contributed by atoms with Crippen LogP contribution in [0.1, 0.15) is 37.0 Å². The molecule has 0 saturated carbocycles. The van der Waals surface area contributed by atoms with Crippen molar-refractivity contribution in [1.29, 1.82) is 0 Å². The average Bonchev–Trinajstić information content (AvgIpc) is 3.14. The molecule has 1 fully saturated rings. The molecular weight excluding hydrogens is 352 g/mol. The third-order valence-corrected chi connectivity index (χ3v) is 5.42. The monoisotopic (exact) mass is 376 g/mol. The van der Waals surface area contributed by atoms with Crippen molar-refractivity contribution in [1.82, 2.24) is 9.55 Å². The molecule has 0 spiro atoms. The van der Waals surface area contributed by atoms with Crippen LogP contribution in [0.15, 0.2) is 28.2 Å². The summed E-state index contributed by atoms with van der Waals surface area (Å²) < 4.78 is 12.2. The molecule has 0 radical (unpaired) electrons. The van der Waals surface area contributed by atoms with Crippen molar-refractivity contribution in [2.75, 3.05) is 19.5 Å². The standard InChI is InChI=1S/C19H24N2O4S/c1-12(2)10-21-17(22)15-7-6-13(18(23)24-3)9-16(15)20-19(21)26-11-14-5-4-8-25-14/h6-7,9,12,14H,4-5,8,10-11H2,1-3H3/t14-/m0/s1. The summed E-state index contributed by atoms with van der Waals surface area (Å²) in [6.45, 7) is 5.56. The molecule has 26 heavy (non-hydrogen) atoms.